The van der Waals surface area contributed by atoms with Crippen LogP contribution >= 0.6 is 11.8 Å². The second-order valence-electron chi connectivity index (χ2n) is 7.34. The van der Waals surface area contributed by atoms with Crippen LogP contribution in [0.15, 0.2) is 41.6 Å². The lowest BCUT2D eigenvalue weighted by atomic mass is 10.1. The molecule has 164 valence electrons. The number of thioether (sulfide) groups is 1. The average molecular weight is 441 g/mol. The summed E-state index contributed by atoms with van der Waals surface area (Å²) >= 11 is 1.34. The van der Waals surface area contributed by atoms with E-state index in [1.165, 1.54) is 11.8 Å². The highest BCUT2D eigenvalue weighted by Gasteiger charge is 2.14. The van der Waals surface area contributed by atoms with Crippen LogP contribution in [0.25, 0.3) is 0 Å². The summed E-state index contributed by atoms with van der Waals surface area (Å²) in [4.78, 5) is 12.3. The van der Waals surface area contributed by atoms with Crippen LogP contribution < -0.4 is 14.8 Å². The molecule has 0 radical (unpaired) electrons. The van der Waals surface area contributed by atoms with Gasteiger partial charge in [0.15, 0.2) is 22.5 Å². The number of hydrogen-bond donors (Lipinski definition) is 1. The Labute approximate surface area is 187 Å². The zero-order chi connectivity index (χ0) is 22.4. The van der Waals surface area contributed by atoms with Gasteiger partial charge < -0.3 is 19.4 Å². The Balaban J connectivity index is 1.57. The summed E-state index contributed by atoms with van der Waals surface area (Å²) in [6, 6.07) is 11.8. The number of carbonyl (C=O) groups is 1. The molecule has 0 saturated heterocycles. The molecule has 31 heavy (non-hydrogen) atoms. The monoisotopic (exact) mass is 440 g/mol. The van der Waals surface area contributed by atoms with Gasteiger partial charge in [-0.3, -0.25) is 4.79 Å². The number of aromatic nitrogens is 3. The van der Waals surface area contributed by atoms with Gasteiger partial charge in [0.05, 0.1) is 12.4 Å². The summed E-state index contributed by atoms with van der Waals surface area (Å²) in [6.45, 7) is 8.78. The van der Waals surface area contributed by atoms with Crippen LogP contribution in [-0.2, 0) is 18.4 Å². The first-order chi connectivity index (χ1) is 14.9. The van der Waals surface area contributed by atoms with Crippen molar-refractivity contribution < 1.29 is 14.3 Å². The highest BCUT2D eigenvalue weighted by molar-refractivity contribution is 7.99. The number of carbonyl (C=O) groups excluding carboxylic acids is 1. The molecule has 1 N–H and O–H groups in total. The highest BCUT2D eigenvalue weighted by Crippen LogP contribution is 2.29. The molecule has 7 nitrogen and oxygen atoms in total. The van der Waals surface area contributed by atoms with Crippen molar-refractivity contribution in [2.24, 2.45) is 7.05 Å². The molecule has 0 fully saturated rings. The van der Waals surface area contributed by atoms with Gasteiger partial charge >= 0.3 is 0 Å². The summed E-state index contributed by atoms with van der Waals surface area (Å²) in [6.07, 6.45) is 0. The zero-order valence-corrected chi connectivity index (χ0v) is 19.4. The van der Waals surface area contributed by atoms with E-state index in [4.69, 9.17) is 9.47 Å². The molecule has 1 aromatic heterocycles. The molecule has 1 heterocycles. The van der Waals surface area contributed by atoms with E-state index in [0.29, 0.717) is 29.1 Å². The van der Waals surface area contributed by atoms with Crippen LogP contribution in [0, 0.1) is 20.8 Å². The fourth-order valence-corrected chi connectivity index (χ4v) is 3.85. The van der Waals surface area contributed by atoms with E-state index in [-0.39, 0.29) is 18.3 Å². The minimum Gasteiger partial charge on any atom is -0.490 e. The topological polar surface area (TPSA) is 78.3 Å². The largest absolute Gasteiger partial charge is 0.490 e. The lowest BCUT2D eigenvalue weighted by molar-refractivity contribution is -0.113. The van der Waals surface area contributed by atoms with Gasteiger partial charge in [0.1, 0.15) is 6.61 Å². The van der Waals surface area contributed by atoms with Crippen molar-refractivity contribution in [1.82, 2.24) is 14.8 Å². The second kappa shape index (κ2) is 10.3. The molecule has 0 aliphatic carbocycles. The van der Waals surface area contributed by atoms with Crippen molar-refractivity contribution in [1.29, 1.82) is 0 Å². The minimum absolute atomic E-state index is 0.0863. The van der Waals surface area contributed by atoms with E-state index >= 15 is 0 Å². The number of hydrogen-bond acceptors (Lipinski definition) is 6. The van der Waals surface area contributed by atoms with Crippen molar-refractivity contribution in [2.75, 3.05) is 17.7 Å². The Kier molecular flexibility index (Phi) is 7.57. The van der Waals surface area contributed by atoms with Gasteiger partial charge in [-0.15, -0.1) is 10.2 Å². The normalized spacial score (nSPS) is 10.7. The molecule has 0 spiro atoms. The molecule has 8 heteroatoms. The first-order valence-electron chi connectivity index (χ1n) is 10.1. The number of nitrogens with one attached hydrogen (secondary N) is 1. The molecule has 1 amide bonds. The van der Waals surface area contributed by atoms with Gasteiger partial charge in [0.25, 0.3) is 0 Å². The third kappa shape index (κ3) is 6.24. The summed E-state index contributed by atoms with van der Waals surface area (Å²) in [5.74, 6) is 2.20. The van der Waals surface area contributed by atoms with E-state index in [1.807, 2.05) is 69.6 Å². The Hall–Kier alpha value is -3.00. The number of nitrogens with zero attached hydrogens (tertiary/aromatic N) is 3. The number of ether oxygens (including phenoxy) is 2. The van der Waals surface area contributed by atoms with Crippen molar-refractivity contribution in [3.63, 3.8) is 0 Å². The van der Waals surface area contributed by atoms with Gasteiger partial charge in [-0.2, -0.15) is 0 Å². The number of benzene rings is 2. The van der Waals surface area contributed by atoms with Gasteiger partial charge in [-0.1, -0.05) is 23.9 Å². The lowest BCUT2D eigenvalue weighted by Crippen LogP contribution is -2.14. The van der Waals surface area contributed by atoms with Crippen LogP contribution in [0.4, 0.5) is 5.69 Å². The zero-order valence-electron chi connectivity index (χ0n) is 18.6. The number of anilines is 1. The number of aryl methyl sites for hydroxylation is 3. The minimum atomic E-state index is -0.0863. The first-order valence-corrected chi connectivity index (χ1v) is 11.1. The van der Waals surface area contributed by atoms with E-state index < -0.39 is 0 Å². The van der Waals surface area contributed by atoms with Crippen molar-refractivity contribution in [3.8, 4) is 11.5 Å². The first kappa shape index (κ1) is 22.7. The smallest absolute Gasteiger partial charge is 0.234 e. The van der Waals surface area contributed by atoms with Crippen LogP contribution in [0.1, 0.15) is 29.4 Å². The Morgan fingerprint density at radius 2 is 1.74 bits per heavy atom. The molecule has 0 saturated carbocycles. The predicted molar refractivity (Wildman–Crippen MR) is 123 cm³/mol. The van der Waals surface area contributed by atoms with E-state index in [1.54, 1.807) is 0 Å². The van der Waals surface area contributed by atoms with Crippen LogP contribution in [-0.4, -0.2) is 33.0 Å². The van der Waals surface area contributed by atoms with Crippen LogP contribution in [0.2, 0.25) is 0 Å². The Morgan fingerprint density at radius 3 is 2.45 bits per heavy atom. The van der Waals surface area contributed by atoms with Crippen molar-refractivity contribution in [3.05, 3.63) is 58.9 Å². The molecule has 0 bridgehead atoms. The maximum atomic E-state index is 12.3. The summed E-state index contributed by atoms with van der Waals surface area (Å²) in [5.41, 5.74) is 4.13. The molecule has 0 aliphatic rings. The van der Waals surface area contributed by atoms with Crippen LogP contribution in [0.5, 0.6) is 11.5 Å². The predicted octanol–water partition coefficient (Wildman–Crippen LogP) is 4.45. The fraction of sp³-hybridized carbons (Fsp3) is 0.348. The molecular weight excluding hydrogens is 412 g/mol. The molecule has 0 unspecified atom stereocenters. The molecule has 0 aliphatic heterocycles. The lowest BCUT2D eigenvalue weighted by Gasteiger charge is -2.12. The second-order valence-corrected chi connectivity index (χ2v) is 8.29. The standard InChI is InChI=1S/C23H28N4O3S/c1-6-29-20-12-15(2)7-8-19(20)30-13-21-25-26-23(27(21)5)31-14-22(28)24-18-10-16(3)9-17(4)11-18/h7-12H,6,13-14H2,1-5H3,(H,24,28). The van der Waals surface area contributed by atoms with Crippen molar-refractivity contribution in [2.45, 2.75) is 39.5 Å². The van der Waals surface area contributed by atoms with Gasteiger partial charge in [-0.05, 0) is 68.7 Å². The molecule has 0 atom stereocenters. The van der Waals surface area contributed by atoms with Crippen molar-refractivity contribution >= 4 is 23.4 Å². The highest BCUT2D eigenvalue weighted by atomic mass is 32.2. The number of rotatable bonds is 9. The third-order valence-corrected chi connectivity index (χ3v) is 5.54. The van der Waals surface area contributed by atoms with E-state index in [2.05, 4.69) is 21.6 Å². The maximum absolute atomic E-state index is 12.3. The van der Waals surface area contributed by atoms with Crippen LogP contribution in [0.3, 0.4) is 0 Å². The Bertz CT molecular complexity index is 1040. The third-order valence-electron chi connectivity index (χ3n) is 4.52. The fourth-order valence-electron chi connectivity index (χ4n) is 3.12. The van der Waals surface area contributed by atoms with Gasteiger partial charge in [0, 0.05) is 12.7 Å². The average Bonchev–Trinajstić information content (AvgIpc) is 3.05. The molecule has 3 aromatic rings. The summed E-state index contributed by atoms with van der Waals surface area (Å²) < 4.78 is 13.4. The van der Waals surface area contributed by atoms with E-state index in [0.717, 1.165) is 22.4 Å². The Morgan fingerprint density at radius 1 is 1.00 bits per heavy atom. The van der Waals surface area contributed by atoms with E-state index in [9.17, 15) is 4.79 Å². The maximum Gasteiger partial charge on any atom is 0.234 e. The molecule has 3 rings (SSSR count). The summed E-state index contributed by atoms with van der Waals surface area (Å²) in [5, 5.41) is 12.0. The summed E-state index contributed by atoms with van der Waals surface area (Å²) in [7, 11) is 1.86. The molecule has 2 aromatic carbocycles. The van der Waals surface area contributed by atoms with Gasteiger partial charge in [-0.25, -0.2) is 0 Å². The SMILES string of the molecule is CCOc1cc(C)ccc1OCc1nnc(SCC(=O)Nc2cc(C)cc(C)c2)n1C. The number of amides is 1. The van der Waals surface area contributed by atoms with Gasteiger partial charge in [0.2, 0.25) is 5.91 Å². The quantitative estimate of drug-likeness (QED) is 0.495. The molecular formula is C23H28N4O3S.